The Labute approximate surface area is 189 Å². The maximum atomic E-state index is 13.0. The summed E-state index contributed by atoms with van der Waals surface area (Å²) in [6.45, 7) is 3.84. The van der Waals surface area contributed by atoms with Gasteiger partial charge in [-0.05, 0) is 43.7 Å². The number of aryl methyl sites for hydroxylation is 1. The topological polar surface area (TPSA) is 73.9 Å². The molecule has 31 heavy (non-hydrogen) atoms. The molecule has 8 heteroatoms. The number of amides is 1. The van der Waals surface area contributed by atoms with Gasteiger partial charge in [0.1, 0.15) is 22.1 Å². The van der Waals surface area contributed by atoms with Gasteiger partial charge >= 0.3 is 5.97 Å². The van der Waals surface area contributed by atoms with E-state index in [9.17, 15) is 9.59 Å². The van der Waals surface area contributed by atoms with E-state index in [4.69, 9.17) is 25.8 Å². The van der Waals surface area contributed by atoms with Crippen molar-refractivity contribution < 1.29 is 23.8 Å². The van der Waals surface area contributed by atoms with Crippen LogP contribution in [0.25, 0.3) is 11.1 Å². The zero-order chi connectivity index (χ0) is 22.5. The molecular formula is C23H22ClNO5S. The third-order valence-electron chi connectivity index (χ3n) is 4.54. The quantitative estimate of drug-likeness (QED) is 0.450. The van der Waals surface area contributed by atoms with Crippen LogP contribution in [-0.2, 0) is 4.74 Å². The lowest BCUT2D eigenvalue weighted by atomic mass is 10.0. The van der Waals surface area contributed by atoms with Crippen LogP contribution in [0.1, 0.15) is 32.5 Å². The van der Waals surface area contributed by atoms with Gasteiger partial charge in [0.2, 0.25) is 0 Å². The summed E-state index contributed by atoms with van der Waals surface area (Å²) < 4.78 is 15.8. The molecule has 0 atom stereocenters. The zero-order valence-corrected chi connectivity index (χ0v) is 19.1. The van der Waals surface area contributed by atoms with Crippen molar-refractivity contribution in [2.75, 3.05) is 26.1 Å². The van der Waals surface area contributed by atoms with Crippen LogP contribution in [0.3, 0.4) is 0 Å². The maximum Gasteiger partial charge on any atom is 0.341 e. The van der Waals surface area contributed by atoms with Crippen molar-refractivity contribution in [3.05, 3.63) is 63.5 Å². The second-order valence-corrected chi connectivity index (χ2v) is 8.18. The molecule has 2 aromatic carbocycles. The number of hydrogen-bond acceptors (Lipinski definition) is 6. The molecule has 0 saturated heterocycles. The lowest BCUT2D eigenvalue weighted by Gasteiger charge is -2.11. The summed E-state index contributed by atoms with van der Waals surface area (Å²) >= 11 is 7.32. The summed E-state index contributed by atoms with van der Waals surface area (Å²) in [6.07, 6.45) is 0. The molecule has 0 spiro atoms. The van der Waals surface area contributed by atoms with Gasteiger partial charge in [-0.1, -0.05) is 23.7 Å². The van der Waals surface area contributed by atoms with E-state index in [-0.39, 0.29) is 6.61 Å². The number of ether oxygens (including phenoxy) is 3. The third-order valence-corrected chi connectivity index (χ3v) is 5.81. The lowest BCUT2D eigenvalue weighted by Crippen LogP contribution is -2.15. The molecule has 0 aliphatic heterocycles. The Bertz CT molecular complexity index is 1090. The monoisotopic (exact) mass is 459 g/mol. The number of halogens is 1. The average Bonchev–Trinajstić information content (AvgIpc) is 3.09. The predicted molar refractivity (Wildman–Crippen MR) is 123 cm³/mol. The van der Waals surface area contributed by atoms with E-state index in [1.807, 2.05) is 19.1 Å². The van der Waals surface area contributed by atoms with Crippen LogP contribution >= 0.6 is 22.9 Å². The van der Waals surface area contributed by atoms with E-state index in [0.29, 0.717) is 38.2 Å². The Balaban J connectivity index is 2.05. The van der Waals surface area contributed by atoms with E-state index >= 15 is 0 Å². The molecule has 1 aromatic heterocycles. The normalized spacial score (nSPS) is 10.5. The van der Waals surface area contributed by atoms with Crippen molar-refractivity contribution >= 4 is 39.8 Å². The molecule has 0 unspecified atom stereocenters. The number of thiophene rings is 1. The summed E-state index contributed by atoms with van der Waals surface area (Å²) in [5.74, 6) is 0.0700. The van der Waals surface area contributed by atoms with Crippen molar-refractivity contribution in [2.24, 2.45) is 0 Å². The highest BCUT2D eigenvalue weighted by Crippen LogP contribution is 2.41. The first-order chi connectivity index (χ1) is 14.9. The van der Waals surface area contributed by atoms with Gasteiger partial charge in [-0.15, -0.1) is 11.3 Å². The van der Waals surface area contributed by atoms with Gasteiger partial charge in [-0.3, -0.25) is 4.79 Å². The summed E-state index contributed by atoms with van der Waals surface area (Å²) in [5.41, 5.74) is 2.17. The number of rotatable bonds is 7. The molecule has 0 bridgehead atoms. The van der Waals surface area contributed by atoms with Gasteiger partial charge in [0.05, 0.1) is 20.8 Å². The number of esters is 1. The minimum atomic E-state index is -0.504. The molecule has 1 amide bonds. The van der Waals surface area contributed by atoms with Gasteiger partial charge in [-0.2, -0.15) is 0 Å². The second kappa shape index (κ2) is 9.85. The molecule has 162 valence electrons. The van der Waals surface area contributed by atoms with Crippen LogP contribution in [0.2, 0.25) is 5.02 Å². The zero-order valence-electron chi connectivity index (χ0n) is 17.6. The fraction of sp³-hybridized carbons (Fsp3) is 0.217. The van der Waals surface area contributed by atoms with Gasteiger partial charge in [0, 0.05) is 27.1 Å². The fourth-order valence-corrected chi connectivity index (χ4v) is 4.29. The number of carbonyl (C=O) groups excluding carboxylic acids is 2. The summed E-state index contributed by atoms with van der Waals surface area (Å²) in [4.78, 5) is 26.7. The second-order valence-electron chi connectivity index (χ2n) is 6.52. The largest absolute Gasteiger partial charge is 0.497 e. The van der Waals surface area contributed by atoms with Crippen molar-refractivity contribution in [2.45, 2.75) is 13.8 Å². The highest BCUT2D eigenvalue weighted by atomic mass is 35.5. The van der Waals surface area contributed by atoms with E-state index in [2.05, 4.69) is 5.32 Å². The van der Waals surface area contributed by atoms with Crippen LogP contribution in [0, 0.1) is 6.92 Å². The van der Waals surface area contributed by atoms with E-state index in [1.165, 1.54) is 25.6 Å². The molecule has 1 N–H and O–H groups in total. The number of nitrogens with one attached hydrogen (secondary N) is 1. The minimum Gasteiger partial charge on any atom is -0.497 e. The van der Waals surface area contributed by atoms with Crippen molar-refractivity contribution in [3.63, 3.8) is 0 Å². The molecule has 6 nitrogen and oxygen atoms in total. The summed E-state index contributed by atoms with van der Waals surface area (Å²) in [5, 5.41) is 3.86. The van der Waals surface area contributed by atoms with Gasteiger partial charge < -0.3 is 19.5 Å². The highest BCUT2D eigenvalue weighted by Gasteiger charge is 2.26. The SMILES string of the molecule is CCOC(=O)c1c(NC(=O)c2cc(OC)cc(OC)c2)sc(C)c1-c1ccc(Cl)cc1. The Morgan fingerprint density at radius 1 is 1.03 bits per heavy atom. The number of methoxy groups -OCH3 is 2. The molecule has 0 aliphatic carbocycles. The first-order valence-corrected chi connectivity index (χ1v) is 10.7. The Hall–Kier alpha value is -3.03. The lowest BCUT2D eigenvalue weighted by molar-refractivity contribution is 0.0529. The van der Waals surface area contributed by atoms with Crippen LogP contribution in [0.15, 0.2) is 42.5 Å². The Kier molecular flexibility index (Phi) is 7.20. The molecule has 3 aromatic rings. The van der Waals surface area contributed by atoms with Crippen molar-refractivity contribution in [1.29, 1.82) is 0 Å². The molecule has 0 saturated carbocycles. The van der Waals surface area contributed by atoms with Crippen LogP contribution in [-0.4, -0.2) is 32.7 Å². The van der Waals surface area contributed by atoms with E-state index in [0.717, 1.165) is 10.4 Å². The van der Waals surface area contributed by atoms with Crippen LogP contribution in [0.4, 0.5) is 5.00 Å². The van der Waals surface area contributed by atoms with Crippen molar-refractivity contribution in [1.82, 2.24) is 0 Å². The maximum absolute atomic E-state index is 13.0. The number of benzene rings is 2. The minimum absolute atomic E-state index is 0.217. The number of anilines is 1. The average molecular weight is 460 g/mol. The van der Waals surface area contributed by atoms with Crippen molar-refractivity contribution in [3.8, 4) is 22.6 Å². The van der Waals surface area contributed by atoms with Crippen LogP contribution in [0.5, 0.6) is 11.5 Å². The molecule has 0 aliphatic rings. The fourth-order valence-electron chi connectivity index (χ4n) is 3.11. The smallest absolute Gasteiger partial charge is 0.341 e. The third kappa shape index (κ3) is 5.00. The Morgan fingerprint density at radius 2 is 1.65 bits per heavy atom. The van der Waals surface area contributed by atoms with Gasteiger partial charge in [0.25, 0.3) is 5.91 Å². The molecular weight excluding hydrogens is 438 g/mol. The molecule has 1 heterocycles. The number of carbonyl (C=O) groups is 2. The predicted octanol–water partition coefficient (Wildman–Crippen LogP) is 5.82. The molecule has 3 rings (SSSR count). The number of hydrogen-bond donors (Lipinski definition) is 1. The first-order valence-electron chi connectivity index (χ1n) is 9.48. The van der Waals surface area contributed by atoms with Gasteiger partial charge in [0.15, 0.2) is 0 Å². The summed E-state index contributed by atoms with van der Waals surface area (Å²) in [6, 6.07) is 12.0. The summed E-state index contributed by atoms with van der Waals surface area (Å²) in [7, 11) is 3.02. The Morgan fingerprint density at radius 3 is 2.19 bits per heavy atom. The highest BCUT2D eigenvalue weighted by molar-refractivity contribution is 7.17. The first kappa shape index (κ1) is 22.7. The van der Waals surface area contributed by atoms with E-state index in [1.54, 1.807) is 37.3 Å². The standard InChI is InChI=1S/C23H22ClNO5S/c1-5-30-23(27)20-19(14-6-8-16(24)9-7-14)13(2)31-22(20)25-21(26)15-10-17(28-3)12-18(11-15)29-4/h6-12H,5H2,1-4H3,(H,25,26). The molecule has 0 radical (unpaired) electrons. The van der Waals surface area contributed by atoms with E-state index < -0.39 is 11.9 Å². The van der Waals surface area contributed by atoms with Crippen LogP contribution < -0.4 is 14.8 Å². The molecule has 0 fully saturated rings. The van der Waals surface area contributed by atoms with Gasteiger partial charge in [-0.25, -0.2) is 4.79 Å².